The van der Waals surface area contributed by atoms with E-state index in [9.17, 15) is 8.42 Å². The van der Waals surface area contributed by atoms with E-state index in [1.54, 1.807) is 0 Å². The highest BCUT2D eigenvalue weighted by molar-refractivity contribution is 7.83. The van der Waals surface area contributed by atoms with Crippen molar-refractivity contribution >= 4 is 10.3 Å². The van der Waals surface area contributed by atoms with E-state index in [-0.39, 0.29) is 6.04 Å². The van der Waals surface area contributed by atoms with E-state index in [0.717, 1.165) is 12.8 Å². The maximum absolute atomic E-state index is 11.1. The van der Waals surface area contributed by atoms with E-state index in [4.69, 9.17) is 4.55 Å². The van der Waals surface area contributed by atoms with E-state index in [1.807, 2.05) is 35.2 Å². The Balaban J connectivity index is 2.11. The Bertz CT molecular complexity index is 446. The molecule has 1 saturated heterocycles. The predicted octanol–water partition coefficient (Wildman–Crippen LogP) is 0.241. The summed E-state index contributed by atoms with van der Waals surface area (Å²) in [6.45, 7) is 0.998. The molecule has 6 heteroatoms. The van der Waals surface area contributed by atoms with Crippen molar-refractivity contribution in [2.45, 2.75) is 25.4 Å². The smallest absolute Gasteiger partial charge is 0.273 e. The van der Waals surface area contributed by atoms with Gasteiger partial charge in [-0.15, -0.1) is 0 Å². The third kappa shape index (κ3) is 2.58. The summed E-state index contributed by atoms with van der Waals surface area (Å²) in [7, 11) is -4.05. The zero-order valence-corrected chi connectivity index (χ0v) is 9.68. The summed E-state index contributed by atoms with van der Waals surface area (Å²) < 4.78 is 34.4. The lowest BCUT2D eigenvalue weighted by Crippen LogP contribution is -2.46. The lowest BCUT2D eigenvalue weighted by molar-refractivity contribution is -0.700. The molecule has 88 valence electrons. The molecule has 2 heterocycles. The van der Waals surface area contributed by atoms with Gasteiger partial charge in [0.05, 0.1) is 6.04 Å². The molecule has 1 fully saturated rings. The van der Waals surface area contributed by atoms with Crippen molar-refractivity contribution in [3.8, 4) is 0 Å². The molecule has 0 spiro atoms. The quantitative estimate of drug-likeness (QED) is 0.611. The first-order chi connectivity index (χ1) is 7.57. The van der Waals surface area contributed by atoms with Gasteiger partial charge in [-0.3, -0.25) is 4.55 Å². The highest BCUT2D eigenvalue weighted by atomic mass is 32.2. The maximum atomic E-state index is 11.1. The van der Waals surface area contributed by atoms with E-state index in [1.165, 1.54) is 4.31 Å². The van der Waals surface area contributed by atoms with Crippen LogP contribution >= 0.6 is 0 Å². The summed E-state index contributed by atoms with van der Waals surface area (Å²) in [6.07, 6.45) is 5.38. The molecule has 0 amide bonds. The van der Waals surface area contributed by atoms with Crippen molar-refractivity contribution < 1.29 is 17.5 Å². The minimum Gasteiger partial charge on any atom is -0.273 e. The summed E-state index contributed by atoms with van der Waals surface area (Å²) in [5, 5.41) is 0. The monoisotopic (exact) mass is 243 g/mol. The molecule has 1 aromatic rings. The fraction of sp³-hybridized carbons (Fsp3) is 0.500. The van der Waals surface area contributed by atoms with Crippen LogP contribution in [0.25, 0.3) is 0 Å². The molecule has 1 aliphatic heterocycles. The molecule has 0 saturated carbocycles. The summed E-state index contributed by atoms with van der Waals surface area (Å²) in [6, 6.07) is 5.56. The second-order valence-corrected chi connectivity index (χ2v) is 5.32. The molecule has 1 aromatic heterocycles. The molecule has 16 heavy (non-hydrogen) atoms. The van der Waals surface area contributed by atoms with Crippen molar-refractivity contribution in [3.63, 3.8) is 0 Å². The highest BCUT2D eigenvalue weighted by Gasteiger charge is 2.35. The Morgan fingerprint density at radius 2 is 2.00 bits per heavy atom. The van der Waals surface area contributed by atoms with Crippen molar-refractivity contribution in [3.05, 3.63) is 30.6 Å². The minimum atomic E-state index is -4.05. The van der Waals surface area contributed by atoms with Gasteiger partial charge in [-0.05, 0) is 12.8 Å². The molecule has 5 nitrogen and oxygen atoms in total. The average molecular weight is 243 g/mol. The molecule has 0 aliphatic carbocycles. The van der Waals surface area contributed by atoms with Crippen molar-refractivity contribution in [2.75, 3.05) is 6.54 Å². The fourth-order valence-electron chi connectivity index (χ4n) is 2.09. The summed E-state index contributed by atoms with van der Waals surface area (Å²) in [5.74, 6) is 0. The van der Waals surface area contributed by atoms with Crippen molar-refractivity contribution in [2.24, 2.45) is 0 Å². The van der Waals surface area contributed by atoms with Crippen LogP contribution in [0.1, 0.15) is 12.8 Å². The van der Waals surface area contributed by atoms with E-state index in [0.29, 0.717) is 13.1 Å². The zero-order chi connectivity index (χ0) is 11.6. The van der Waals surface area contributed by atoms with Crippen LogP contribution in [-0.2, 0) is 16.8 Å². The van der Waals surface area contributed by atoms with Gasteiger partial charge in [0.2, 0.25) is 0 Å². The van der Waals surface area contributed by atoms with E-state index in [2.05, 4.69) is 0 Å². The molecule has 1 atom stereocenters. The second-order valence-electron chi connectivity index (χ2n) is 3.96. The van der Waals surface area contributed by atoms with Gasteiger partial charge >= 0.3 is 10.3 Å². The zero-order valence-electron chi connectivity index (χ0n) is 8.86. The number of hydrogen-bond donors (Lipinski definition) is 1. The molecule has 1 N–H and O–H groups in total. The maximum Gasteiger partial charge on any atom is 0.336 e. The molecule has 0 bridgehead atoms. The van der Waals surface area contributed by atoms with Gasteiger partial charge in [-0.25, -0.2) is 4.57 Å². The lowest BCUT2D eigenvalue weighted by Gasteiger charge is -2.17. The first-order valence-corrected chi connectivity index (χ1v) is 6.65. The van der Waals surface area contributed by atoms with E-state index < -0.39 is 10.3 Å². The van der Waals surface area contributed by atoms with Crippen LogP contribution in [-0.4, -0.2) is 29.9 Å². The van der Waals surface area contributed by atoms with Gasteiger partial charge < -0.3 is 0 Å². The van der Waals surface area contributed by atoms with Gasteiger partial charge in [-0.2, -0.15) is 12.7 Å². The van der Waals surface area contributed by atoms with Crippen LogP contribution < -0.4 is 4.57 Å². The fourth-order valence-corrected chi connectivity index (χ4v) is 3.00. The van der Waals surface area contributed by atoms with Crippen LogP contribution in [0.5, 0.6) is 0 Å². The average Bonchev–Trinajstić information content (AvgIpc) is 2.67. The normalized spacial score (nSPS) is 22.4. The molecule has 1 aliphatic rings. The lowest BCUT2D eigenvalue weighted by atomic mass is 10.2. The number of pyridine rings is 1. The van der Waals surface area contributed by atoms with Crippen molar-refractivity contribution in [1.29, 1.82) is 0 Å². The van der Waals surface area contributed by atoms with Crippen LogP contribution in [0.2, 0.25) is 0 Å². The SMILES string of the molecule is O=S(=O)(O)N1CCC[C@H]1C[n+]1ccccc1. The molecule has 2 rings (SSSR count). The van der Waals surface area contributed by atoms with Gasteiger partial charge in [0.15, 0.2) is 18.9 Å². The van der Waals surface area contributed by atoms with Crippen LogP contribution in [0, 0.1) is 0 Å². The number of nitrogens with zero attached hydrogens (tertiary/aromatic N) is 2. The Hall–Kier alpha value is -0.980. The van der Waals surface area contributed by atoms with Crippen LogP contribution in [0.15, 0.2) is 30.6 Å². The predicted molar refractivity (Wildman–Crippen MR) is 57.9 cm³/mol. The molecular formula is C10H15N2O3S+. The van der Waals surface area contributed by atoms with Gasteiger partial charge in [0.1, 0.15) is 0 Å². The van der Waals surface area contributed by atoms with Crippen LogP contribution in [0.4, 0.5) is 0 Å². The number of hydrogen-bond acceptors (Lipinski definition) is 2. The van der Waals surface area contributed by atoms with Crippen molar-refractivity contribution in [1.82, 2.24) is 4.31 Å². The largest absolute Gasteiger partial charge is 0.336 e. The Kier molecular flexibility index (Phi) is 3.22. The third-order valence-electron chi connectivity index (χ3n) is 2.82. The van der Waals surface area contributed by atoms with Gasteiger partial charge in [0.25, 0.3) is 0 Å². The van der Waals surface area contributed by atoms with Gasteiger partial charge in [-0.1, -0.05) is 6.07 Å². The minimum absolute atomic E-state index is 0.137. The summed E-state index contributed by atoms with van der Waals surface area (Å²) in [5.41, 5.74) is 0. The molecule has 0 radical (unpaired) electrons. The molecule has 0 unspecified atom stereocenters. The Morgan fingerprint density at radius 3 is 2.62 bits per heavy atom. The third-order valence-corrected chi connectivity index (χ3v) is 3.89. The topological polar surface area (TPSA) is 61.5 Å². The number of rotatable bonds is 3. The summed E-state index contributed by atoms with van der Waals surface area (Å²) in [4.78, 5) is 0. The van der Waals surface area contributed by atoms with Gasteiger partial charge in [0, 0.05) is 18.7 Å². The van der Waals surface area contributed by atoms with E-state index >= 15 is 0 Å². The van der Waals surface area contributed by atoms with Crippen LogP contribution in [0.3, 0.4) is 0 Å². The number of aromatic nitrogens is 1. The molecule has 0 aromatic carbocycles. The first-order valence-electron chi connectivity index (χ1n) is 5.26. The Labute approximate surface area is 95.2 Å². The Morgan fingerprint density at radius 1 is 1.31 bits per heavy atom. The first kappa shape index (κ1) is 11.5. The second kappa shape index (κ2) is 4.48. The summed E-state index contributed by atoms with van der Waals surface area (Å²) >= 11 is 0. The standard InChI is InChI=1S/C10H14N2O3S/c13-16(14,15)12-8-4-5-10(12)9-11-6-2-1-3-7-11/h1-3,6-7,10H,4-5,8-9H2/p+1/t10-/m0/s1. The molecular weight excluding hydrogens is 228 g/mol. The highest BCUT2D eigenvalue weighted by Crippen LogP contribution is 2.19.